The highest BCUT2D eigenvalue weighted by atomic mass is 16.2. The Hall–Kier alpha value is -2.88. The number of carbonyl (C=O) groups is 1. The van der Waals surface area contributed by atoms with Crippen molar-refractivity contribution in [1.82, 2.24) is 14.5 Å². The van der Waals surface area contributed by atoms with Gasteiger partial charge in [0.1, 0.15) is 5.82 Å². The van der Waals surface area contributed by atoms with Gasteiger partial charge in [-0.05, 0) is 69.0 Å². The van der Waals surface area contributed by atoms with Crippen LogP contribution in [0, 0.1) is 13.8 Å². The Morgan fingerprint density at radius 3 is 2.37 bits per heavy atom. The highest BCUT2D eigenvalue weighted by Crippen LogP contribution is 2.32. The summed E-state index contributed by atoms with van der Waals surface area (Å²) in [4.78, 5) is 19.8. The number of carbonyl (C=O) groups excluding carboxylic acids is 1. The fraction of sp³-hybridized carbons (Fsp3) is 0.304. The van der Waals surface area contributed by atoms with Crippen LogP contribution in [0.3, 0.4) is 0 Å². The van der Waals surface area contributed by atoms with E-state index in [4.69, 9.17) is 4.98 Å². The average molecular weight is 359 g/mol. The van der Waals surface area contributed by atoms with Gasteiger partial charge in [0.2, 0.25) is 0 Å². The monoisotopic (exact) mass is 359 g/mol. The molecule has 1 fully saturated rings. The van der Waals surface area contributed by atoms with Crippen molar-refractivity contribution in [2.75, 3.05) is 6.54 Å². The standard InChI is InChI=1S/C23H25N3O/c1-17-11-12-18(2)26(17)22-14-13-20(16-24-22)21-10-6-7-15-25(21)23(27)19-8-4-3-5-9-19/h3-5,8-9,11-14,16,21H,6-7,10,15H2,1-2H3. The van der Waals surface area contributed by atoms with Crippen molar-refractivity contribution in [1.29, 1.82) is 0 Å². The quantitative estimate of drug-likeness (QED) is 0.670. The molecule has 3 heterocycles. The Balaban J connectivity index is 1.62. The van der Waals surface area contributed by atoms with E-state index >= 15 is 0 Å². The lowest BCUT2D eigenvalue weighted by Crippen LogP contribution is -2.38. The molecule has 1 saturated heterocycles. The van der Waals surface area contributed by atoms with Crippen LogP contribution in [-0.2, 0) is 0 Å². The molecule has 1 aliphatic rings. The van der Waals surface area contributed by atoms with E-state index in [9.17, 15) is 4.79 Å². The summed E-state index contributed by atoms with van der Waals surface area (Å²) in [5.41, 5.74) is 4.22. The van der Waals surface area contributed by atoms with Crippen molar-refractivity contribution >= 4 is 5.91 Å². The number of rotatable bonds is 3. The highest BCUT2D eigenvalue weighted by Gasteiger charge is 2.28. The number of amides is 1. The van der Waals surface area contributed by atoms with E-state index in [-0.39, 0.29) is 11.9 Å². The summed E-state index contributed by atoms with van der Waals surface area (Å²) in [6.45, 7) is 4.98. The zero-order chi connectivity index (χ0) is 18.8. The molecule has 1 unspecified atom stereocenters. The van der Waals surface area contributed by atoms with Gasteiger partial charge in [0.25, 0.3) is 5.91 Å². The molecule has 1 amide bonds. The molecule has 0 spiro atoms. The van der Waals surface area contributed by atoms with Crippen molar-refractivity contribution in [3.63, 3.8) is 0 Å². The largest absolute Gasteiger partial charge is 0.332 e. The van der Waals surface area contributed by atoms with E-state index in [2.05, 4.69) is 42.7 Å². The molecule has 1 atom stereocenters. The van der Waals surface area contributed by atoms with Gasteiger partial charge in [-0.3, -0.25) is 4.79 Å². The van der Waals surface area contributed by atoms with E-state index in [1.165, 1.54) is 11.4 Å². The summed E-state index contributed by atoms with van der Waals surface area (Å²) in [6, 6.07) is 18.1. The lowest BCUT2D eigenvalue weighted by Gasteiger charge is -2.36. The summed E-state index contributed by atoms with van der Waals surface area (Å²) >= 11 is 0. The summed E-state index contributed by atoms with van der Waals surface area (Å²) in [6.07, 6.45) is 5.12. The lowest BCUT2D eigenvalue weighted by atomic mass is 9.95. The van der Waals surface area contributed by atoms with E-state index in [0.717, 1.165) is 42.8 Å². The van der Waals surface area contributed by atoms with Crippen LogP contribution < -0.4 is 0 Å². The van der Waals surface area contributed by atoms with Gasteiger partial charge in [-0.25, -0.2) is 4.98 Å². The van der Waals surface area contributed by atoms with E-state index < -0.39 is 0 Å². The van der Waals surface area contributed by atoms with E-state index in [1.807, 2.05) is 41.4 Å². The first-order chi connectivity index (χ1) is 13.1. The predicted molar refractivity (Wildman–Crippen MR) is 107 cm³/mol. The van der Waals surface area contributed by atoms with Crippen LogP contribution in [0.2, 0.25) is 0 Å². The van der Waals surface area contributed by atoms with Crippen molar-refractivity contribution in [3.8, 4) is 5.82 Å². The molecule has 0 bridgehead atoms. The van der Waals surface area contributed by atoms with Crippen LogP contribution in [0.5, 0.6) is 0 Å². The van der Waals surface area contributed by atoms with Gasteiger partial charge in [0.05, 0.1) is 6.04 Å². The van der Waals surface area contributed by atoms with Crippen LogP contribution in [0.25, 0.3) is 5.82 Å². The molecule has 1 aromatic carbocycles. The molecule has 0 aliphatic carbocycles. The SMILES string of the molecule is Cc1ccc(C)n1-c1ccc(C2CCCCN2C(=O)c2ccccc2)cn1. The van der Waals surface area contributed by atoms with Crippen LogP contribution in [-0.4, -0.2) is 26.9 Å². The maximum atomic E-state index is 13.0. The van der Waals surface area contributed by atoms with Gasteiger partial charge in [-0.1, -0.05) is 24.3 Å². The normalized spacial score (nSPS) is 17.1. The second kappa shape index (κ2) is 7.39. The Bertz CT molecular complexity index is 909. The van der Waals surface area contributed by atoms with Gasteiger partial charge in [-0.2, -0.15) is 0 Å². The number of pyridine rings is 1. The number of likely N-dealkylation sites (tertiary alicyclic amines) is 1. The molecule has 138 valence electrons. The summed E-state index contributed by atoms with van der Waals surface area (Å²) in [5, 5.41) is 0. The number of piperidine rings is 1. The third kappa shape index (κ3) is 3.39. The molecule has 2 aromatic heterocycles. The molecule has 1 aliphatic heterocycles. The van der Waals surface area contributed by atoms with Gasteiger partial charge in [0.15, 0.2) is 0 Å². The first-order valence-corrected chi connectivity index (χ1v) is 9.62. The van der Waals surface area contributed by atoms with E-state index in [0.29, 0.717) is 0 Å². The average Bonchev–Trinajstić information content (AvgIpc) is 3.06. The van der Waals surface area contributed by atoms with Crippen molar-refractivity contribution in [2.24, 2.45) is 0 Å². The fourth-order valence-corrected chi connectivity index (χ4v) is 4.02. The van der Waals surface area contributed by atoms with Crippen molar-refractivity contribution < 1.29 is 4.79 Å². The summed E-state index contributed by atoms with van der Waals surface area (Å²) in [5.74, 6) is 1.04. The Labute approximate surface area is 160 Å². The van der Waals surface area contributed by atoms with Crippen LogP contribution in [0.1, 0.15) is 52.6 Å². The first kappa shape index (κ1) is 17.5. The molecule has 27 heavy (non-hydrogen) atoms. The maximum Gasteiger partial charge on any atom is 0.254 e. The topological polar surface area (TPSA) is 38.1 Å². The Kier molecular flexibility index (Phi) is 4.80. The van der Waals surface area contributed by atoms with Crippen molar-refractivity contribution in [3.05, 3.63) is 83.3 Å². The van der Waals surface area contributed by atoms with E-state index in [1.54, 1.807) is 0 Å². The molecule has 4 heteroatoms. The number of hydrogen-bond donors (Lipinski definition) is 0. The molecule has 4 rings (SSSR count). The van der Waals surface area contributed by atoms with Crippen molar-refractivity contribution in [2.45, 2.75) is 39.2 Å². The molecule has 4 nitrogen and oxygen atoms in total. The van der Waals surface area contributed by atoms with Gasteiger partial charge < -0.3 is 9.47 Å². The number of benzene rings is 1. The minimum atomic E-state index is 0.0971. The second-order valence-corrected chi connectivity index (χ2v) is 7.28. The number of aryl methyl sites for hydroxylation is 2. The summed E-state index contributed by atoms with van der Waals surface area (Å²) < 4.78 is 2.15. The third-order valence-electron chi connectivity index (χ3n) is 5.44. The molecule has 0 saturated carbocycles. The number of aromatic nitrogens is 2. The minimum absolute atomic E-state index is 0.0971. The first-order valence-electron chi connectivity index (χ1n) is 9.62. The molecule has 0 radical (unpaired) electrons. The minimum Gasteiger partial charge on any atom is -0.332 e. The maximum absolute atomic E-state index is 13.0. The van der Waals surface area contributed by atoms with Crippen LogP contribution >= 0.6 is 0 Å². The zero-order valence-electron chi connectivity index (χ0n) is 15.9. The summed E-state index contributed by atoms with van der Waals surface area (Å²) in [7, 11) is 0. The van der Waals surface area contributed by atoms with Gasteiger partial charge >= 0.3 is 0 Å². The molecule has 3 aromatic rings. The number of hydrogen-bond acceptors (Lipinski definition) is 2. The Morgan fingerprint density at radius 1 is 0.963 bits per heavy atom. The highest BCUT2D eigenvalue weighted by molar-refractivity contribution is 5.94. The lowest BCUT2D eigenvalue weighted by molar-refractivity contribution is 0.0611. The molecular weight excluding hydrogens is 334 g/mol. The van der Waals surface area contributed by atoms with Crippen LogP contribution in [0.15, 0.2) is 60.8 Å². The third-order valence-corrected chi connectivity index (χ3v) is 5.44. The van der Waals surface area contributed by atoms with Crippen LogP contribution in [0.4, 0.5) is 0 Å². The number of nitrogens with zero attached hydrogens (tertiary/aromatic N) is 3. The molecular formula is C23H25N3O. The predicted octanol–water partition coefficient (Wildman–Crippen LogP) is 4.86. The smallest absolute Gasteiger partial charge is 0.254 e. The second-order valence-electron chi connectivity index (χ2n) is 7.28. The zero-order valence-corrected chi connectivity index (χ0v) is 15.9. The molecule has 0 N–H and O–H groups in total. The Morgan fingerprint density at radius 2 is 1.70 bits per heavy atom. The van der Waals surface area contributed by atoms with Gasteiger partial charge in [0, 0.05) is 29.7 Å². The van der Waals surface area contributed by atoms with Gasteiger partial charge in [-0.15, -0.1) is 0 Å². The fourth-order valence-electron chi connectivity index (χ4n) is 4.02.